The largest absolute Gasteiger partial charge is 0.350 e. The summed E-state index contributed by atoms with van der Waals surface area (Å²) in [6.45, 7) is 2.23. The molecule has 0 spiro atoms. The van der Waals surface area contributed by atoms with Crippen molar-refractivity contribution in [2.45, 2.75) is 13.0 Å². The Morgan fingerprint density at radius 3 is 1.86 bits per heavy atom. The van der Waals surface area contributed by atoms with Gasteiger partial charge in [0.2, 0.25) is 0 Å². The second kappa shape index (κ2) is 7.24. The SMILES string of the molecule is [13CH3][13CH]([13CH2][15NH]C(=O)c1ccccc1)NC(=O)c1ccccc1. The Kier molecular flexibility index (Phi) is 5.10. The van der Waals surface area contributed by atoms with Crippen molar-refractivity contribution in [1.29, 1.82) is 0 Å². The van der Waals surface area contributed by atoms with E-state index in [0.29, 0.717) is 17.7 Å². The molecule has 108 valence electrons. The Morgan fingerprint density at radius 1 is 0.857 bits per heavy atom. The first-order chi connectivity index (χ1) is 10.2. The first-order valence-corrected chi connectivity index (χ1v) is 6.86. The number of carbonyl (C=O) groups is 2. The van der Waals surface area contributed by atoms with Crippen molar-refractivity contribution in [3.05, 3.63) is 71.8 Å². The van der Waals surface area contributed by atoms with Crippen LogP contribution >= 0.6 is 0 Å². The van der Waals surface area contributed by atoms with Crippen molar-refractivity contribution in [3.63, 3.8) is 0 Å². The second-order valence-corrected chi connectivity index (χ2v) is 4.82. The van der Waals surface area contributed by atoms with Crippen LogP contribution in [-0.2, 0) is 0 Å². The molecule has 0 heterocycles. The number of hydrogen-bond donors (Lipinski definition) is 2. The fourth-order valence-electron chi connectivity index (χ4n) is 1.89. The quantitative estimate of drug-likeness (QED) is 0.654. The van der Waals surface area contributed by atoms with Crippen LogP contribution in [0.3, 0.4) is 0 Å². The molecule has 1 unspecified atom stereocenters. The van der Waals surface area contributed by atoms with Gasteiger partial charge in [-0.1, -0.05) is 36.4 Å². The number of nitrogens with one attached hydrogen (secondary N) is 2. The molecule has 2 aromatic carbocycles. The van der Waals surface area contributed by atoms with Crippen molar-refractivity contribution < 1.29 is 9.59 Å². The molecule has 0 saturated heterocycles. The van der Waals surface area contributed by atoms with Gasteiger partial charge in [0.25, 0.3) is 11.8 Å². The Hall–Kier alpha value is -2.62. The van der Waals surface area contributed by atoms with E-state index < -0.39 is 0 Å². The standard InChI is InChI=1S/C17H18N2O2/c1-13(19-17(21)15-10-6-3-7-11-15)12-18-16(20)14-8-4-2-5-9-14/h2-11,13H,12H2,1H3,(H,18,20)(H,19,21)/i1+1,12+1,13+1,18+1. The highest BCUT2D eigenvalue weighted by Gasteiger charge is 2.11. The van der Waals surface area contributed by atoms with Gasteiger partial charge in [0.05, 0.1) is 0 Å². The van der Waals surface area contributed by atoms with Crippen molar-refractivity contribution in [1.82, 2.24) is 10.6 Å². The Bertz CT molecular complexity index is 597. The highest BCUT2D eigenvalue weighted by molar-refractivity contribution is 5.95. The van der Waals surface area contributed by atoms with Crippen LogP contribution < -0.4 is 10.6 Å². The molecule has 0 bridgehead atoms. The predicted octanol–water partition coefficient (Wildman–Crippen LogP) is 2.23. The van der Waals surface area contributed by atoms with E-state index in [0.717, 1.165) is 0 Å². The molecule has 2 aromatic rings. The molecule has 2 amide bonds. The number of amides is 2. The van der Waals surface area contributed by atoms with Gasteiger partial charge in [-0.2, -0.15) is 0 Å². The average molecular weight is 286 g/mol. The lowest BCUT2D eigenvalue weighted by atomic mass is 10.2. The van der Waals surface area contributed by atoms with Crippen LogP contribution in [0.25, 0.3) is 0 Å². The van der Waals surface area contributed by atoms with E-state index in [1.54, 1.807) is 24.3 Å². The summed E-state index contributed by atoms with van der Waals surface area (Å²) < 4.78 is 0. The highest BCUT2D eigenvalue weighted by Crippen LogP contribution is 2.00. The van der Waals surface area contributed by atoms with E-state index in [9.17, 15) is 9.59 Å². The van der Waals surface area contributed by atoms with E-state index in [4.69, 9.17) is 0 Å². The van der Waals surface area contributed by atoms with Crippen LogP contribution in [0, 0.1) is 0 Å². The van der Waals surface area contributed by atoms with E-state index in [1.807, 2.05) is 43.3 Å². The van der Waals surface area contributed by atoms with Crippen molar-refractivity contribution in [2.24, 2.45) is 0 Å². The van der Waals surface area contributed by atoms with Gasteiger partial charge >= 0.3 is 0 Å². The second-order valence-electron chi connectivity index (χ2n) is 4.82. The number of benzene rings is 2. The minimum atomic E-state index is -0.148. The van der Waals surface area contributed by atoms with Gasteiger partial charge in [-0.25, -0.2) is 0 Å². The summed E-state index contributed by atoms with van der Waals surface area (Å²) >= 11 is 0. The van der Waals surface area contributed by atoms with Gasteiger partial charge < -0.3 is 10.6 Å². The van der Waals surface area contributed by atoms with Crippen LogP contribution in [0.2, 0.25) is 0 Å². The molecular formula is C17H18N2O2. The van der Waals surface area contributed by atoms with Crippen molar-refractivity contribution >= 4 is 11.8 Å². The van der Waals surface area contributed by atoms with Crippen LogP contribution in [-0.4, -0.2) is 24.4 Å². The molecule has 0 radical (unpaired) electrons. The Labute approximate surface area is 124 Å². The first kappa shape index (κ1) is 14.8. The van der Waals surface area contributed by atoms with E-state index in [-0.39, 0.29) is 17.9 Å². The normalized spacial score (nSPS) is 11.5. The van der Waals surface area contributed by atoms with Crippen molar-refractivity contribution in [3.8, 4) is 0 Å². The third kappa shape index (κ3) is 4.45. The Morgan fingerprint density at radius 2 is 1.33 bits per heavy atom. The molecule has 0 aliphatic carbocycles. The predicted molar refractivity (Wildman–Crippen MR) is 82.1 cm³/mol. The monoisotopic (exact) mass is 286 g/mol. The van der Waals surface area contributed by atoms with E-state index in [2.05, 4.69) is 10.6 Å². The van der Waals surface area contributed by atoms with Crippen molar-refractivity contribution in [2.75, 3.05) is 6.54 Å². The summed E-state index contributed by atoms with van der Waals surface area (Å²) in [5, 5.41) is 5.65. The van der Waals surface area contributed by atoms with E-state index >= 15 is 0 Å². The maximum atomic E-state index is 11.9. The van der Waals surface area contributed by atoms with Crippen LogP contribution in [0.5, 0.6) is 0 Å². The van der Waals surface area contributed by atoms with Crippen LogP contribution in [0.1, 0.15) is 27.6 Å². The third-order valence-electron chi connectivity index (χ3n) is 3.02. The lowest BCUT2D eigenvalue weighted by Gasteiger charge is -2.15. The van der Waals surface area contributed by atoms with Gasteiger partial charge in [-0.3, -0.25) is 9.59 Å². The molecule has 0 saturated carbocycles. The molecule has 2 rings (SSSR count). The zero-order valence-electron chi connectivity index (χ0n) is 11.9. The minimum Gasteiger partial charge on any atom is -0.350 e. The van der Waals surface area contributed by atoms with Gasteiger partial charge in [0, 0.05) is 23.7 Å². The highest BCUT2D eigenvalue weighted by atomic mass is 16.2. The smallest absolute Gasteiger partial charge is 0.251 e. The lowest BCUT2D eigenvalue weighted by molar-refractivity contribution is 0.0912. The number of hydrogen-bond acceptors (Lipinski definition) is 2. The molecule has 21 heavy (non-hydrogen) atoms. The van der Waals surface area contributed by atoms with Crippen LogP contribution in [0.15, 0.2) is 60.7 Å². The zero-order valence-corrected chi connectivity index (χ0v) is 11.9. The summed E-state index contributed by atoms with van der Waals surface area (Å²) in [5.41, 5.74) is 1.22. The third-order valence-corrected chi connectivity index (χ3v) is 3.02. The zero-order chi connectivity index (χ0) is 15.1. The first-order valence-electron chi connectivity index (χ1n) is 6.86. The van der Waals surface area contributed by atoms with Gasteiger partial charge in [-0.15, -0.1) is 0 Å². The molecule has 4 heteroatoms. The lowest BCUT2D eigenvalue weighted by Crippen LogP contribution is -2.41. The van der Waals surface area contributed by atoms with Crippen LogP contribution in [0.4, 0.5) is 0 Å². The summed E-state index contributed by atoms with van der Waals surface area (Å²) in [7, 11) is 0. The molecule has 0 aromatic heterocycles. The topological polar surface area (TPSA) is 58.2 Å². The Balaban J connectivity index is 1.81. The minimum absolute atomic E-state index is 0.142. The van der Waals surface area contributed by atoms with Gasteiger partial charge in [0.1, 0.15) is 0 Å². The average Bonchev–Trinajstić information content (AvgIpc) is 2.54. The maximum Gasteiger partial charge on any atom is 0.251 e. The molecule has 0 fully saturated rings. The maximum absolute atomic E-state index is 11.9. The number of rotatable bonds is 5. The summed E-state index contributed by atoms with van der Waals surface area (Å²) in [5.74, 6) is -0.284. The van der Waals surface area contributed by atoms with Gasteiger partial charge in [0.15, 0.2) is 0 Å². The molecule has 0 aliphatic rings. The molecule has 1 atom stereocenters. The molecule has 0 aliphatic heterocycles. The fourth-order valence-corrected chi connectivity index (χ4v) is 1.89. The summed E-state index contributed by atoms with van der Waals surface area (Å²) in [6, 6.07) is 17.9. The summed E-state index contributed by atoms with van der Waals surface area (Å²) in [4.78, 5) is 23.8. The molecule has 4 nitrogen and oxygen atoms in total. The molecular weight excluding hydrogens is 268 g/mol. The fraction of sp³-hybridized carbons (Fsp3) is 0.176. The molecule has 2 N–H and O–H groups in total. The number of carbonyl (C=O) groups excluding carboxylic acids is 2. The summed E-state index contributed by atoms with van der Waals surface area (Å²) in [6.07, 6.45) is 0. The van der Waals surface area contributed by atoms with E-state index in [1.165, 1.54) is 0 Å². The van der Waals surface area contributed by atoms with Gasteiger partial charge in [-0.05, 0) is 31.2 Å².